The lowest BCUT2D eigenvalue weighted by Crippen LogP contribution is -2.46. The number of cyclic esters (lactones) is 4. The summed E-state index contributed by atoms with van der Waals surface area (Å²) in [4.78, 5) is 21.9. The van der Waals surface area contributed by atoms with Crippen molar-refractivity contribution in [2.24, 2.45) is 10.8 Å². The lowest BCUT2D eigenvalue weighted by molar-refractivity contribution is -0.129. The van der Waals surface area contributed by atoms with Crippen LogP contribution in [0.3, 0.4) is 0 Å². The van der Waals surface area contributed by atoms with Crippen LogP contribution in [0.4, 0.5) is 9.59 Å². The molecule has 0 atom stereocenters. The molecule has 0 spiro atoms. The topological polar surface area (TPSA) is 80.3 Å². The molecule has 2 fully saturated rings. The normalized spacial score (nSPS) is 23.5. The van der Waals surface area contributed by atoms with Crippen LogP contribution in [0.1, 0.15) is 26.7 Å². The zero-order valence-electron chi connectivity index (χ0n) is 12.5. The summed E-state index contributed by atoms with van der Waals surface area (Å²) in [6.07, 6.45) is 0.309. The first-order valence-electron chi connectivity index (χ1n) is 7.20. The van der Waals surface area contributed by atoms with Crippen molar-refractivity contribution < 1.29 is 33.3 Å². The second-order valence-corrected chi connectivity index (χ2v) is 5.85. The van der Waals surface area contributed by atoms with Gasteiger partial charge in [-0.25, -0.2) is 9.59 Å². The highest BCUT2D eigenvalue weighted by molar-refractivity contribution is 5.61. The molecule has 0 radical (unpaired) electrons. The number of hydrogen-bond acceptors (Lipinski definition) is 7. The van der Waals surface area contributed by atoms with Crippen LogP contribution in [0.2, 0.25) is 0 Å². The SMILES string of the molecule is CCC1(COCC2(CC)COC(=O)OC2)COC(=O)OC1. The van der Waals surface area contributed by atoms with Crippen molar-refractivity contribution in [2.75, 3.05) is 39.6 Å². The quantitative estimate of drug-likeness (QED) is 0.695. The largest absolute Gasteiger partial charge is 0.508 e. The number of carbonyl (C=O) groups is 2. The van der Waals surface area contributed by atoms with Crippen LogP contribution >= 0.6 is 0 Å². The summed E-state index contributed by atoms with van der Waals surface area (Å²) in [5.74, 6) is 0. The van der Waals surface area contributed by atoms with Gasteiger partial charge >= 0.3 is 12.3 Å². The fraction of sp³-hybridized carbons (Fsp3) is 0.857. The van der Waals surface area contributed by atoms with Crippen molar-refractivity contribution in [3.8, 4) is 0 Å². The first-order chi connectivity index (χ1) is 10.0. The van der Waals surface area contributed by atoms with Gasteiger partial charge in [-0.1, -0.05) is 13.8 Å². The molecule has 0 N–H and O–H groups in total. The van der Waals surface area contributed by atoms with Gasteiger partial charge in [0, 0.05) is 0 Å². The Hall–Kier alpha value is -1.50. The summed E-state index contributed by atoms with van der Waals surface area (Å²) in [7, 11) is 0. The van der Waals surface area contributed by atoms with Crippen LogP contribution < -0.4 is 0 Å². The first kappa shape index (κ1) is 15.9. The molecule has 0 aliphatic carbocycles. The van der Waals surface area contributed by atoms with Gasteiger partial charge in [-0.05, 0) is 12.8 Å². The molecule has 7 heteroatoms. The summed E-state index contributed by atoms with van der Waals surface area (Å²) in [5.41, 5.74) is -0.621. The monoisotopic (exact) mass is 302 g/mol. The Morgan fingerprint density at radius 2 is 1.14 bits per heavy atom. The molecule has 0 unspecified atom stereocenters. The van der Waals surface area contributed by atoms with Gasteiger partial charge in [0.15, 0.2) is 0 Å². The Bertz CT molecular complexity index is 337. The van der Waals surface area contributed by atoms with Gasteiger partial charge in [0.2, 0.25) is 0 Å². The zero-order valence-corrected chi connectivity index (χ0v) is 12.5. The molecule has 21 heavy (non-hydrogen) atoms. The van der Waals surface area contributed by atoms with E-state index < -0.39 is 12.3 Å². The standard InChI is InChI=1S/C14H22O7/c1-3-13(7-18-11(15)19-8-13)5-17-6-14(4-2)9-20-12(16)21-10-14/h3-10H2,1-2H3. The van der Waals surface area contributed by atoms with Gasteiger partial charge in [-0.2, -0.15) is 0 Å². The van der Waals surface area contributed by atoms with Crippen LogP contribution in [0.15, 0.2) is 0 Å². The summed E-state index contributed by atoms with van der Waals surface area (Å²) in [5, 5.41) is 0. The molecular formula is C14H22O7. The Morgan fingerprint density at radius 1 is 0.810 bits per heavy atom. The molecule has 2 saturated heterocycles. The Morgan fingerprint density at radius 3 is 1.43 bits per heavy atom. The lowest BCUT2D eigenvalue weighted by atomic mass is 9.86. The minimum absolute atomic E-state index is 0.299. The minimum Gasteiger partial charge on any atom is -0.433 e. The van der Waals surface area contributed by atoms with Gasteiger partial charge in [-0.15, -0.1) is 0 Å². The van der Waals surface area contributed by atoms with Gasteiger partial charge in [0.25, 0.3) is 0 Å². The summed E-state index contributed by atoms with van der Waals surface area (Å²) >= 11 is 0. The summed E-state index contributed by atoms with van der Waals surface area (Å²) in [6.45, 7) is 6.05. The van der Waals surface area contributed by atoms with Crippen molar-refractivity contribution in [1.82, 2.24) is 0 Å². The van der Waals surface area contributed by atoms with Crippen LogP contribution in [0.5, 0.6) is 0 Å². The molecule has 2 rings (SSSR count). The third kappa shape index (κ3) is 3.78. The molecule has 2 aliphatic heterocycles. The van der Waals surface area contributed by atoms with Crippen LogP contribution in [-0.2, 0) is 23.7 Å². The third-order valence-electron chi connectivity index (χ3n) is 4.30. The highest BCUT2D eigenvalue weighted by atomic mass is 16.7. The van der Waals surface area contributed by atoms with E-state index in [2.05, 4.69) is 0 Å². The van der Waals surface area contributed by atoms with Crippen molar-refractivity contribution in [3.63, 3.8) is 0 Å². The molecule has 0 aromatic carbocycles. The molecule has 0 amide bonds. The van der Waals surface area contributed by atoms with E-state index in [1.54, 1.807) is 0 Å². The average Bonchev–Trinajstić information content (AvgIpc) is 2.52. The molecule has 0 aromatic heterocycles. The lowest BCUT2D eigenvalue weighted by Gasteiger charge is -2.38. The van der Waals surface area contributed by atoms with Crippen LogP contribution in [0.25, 0.3) is 0 Å². The second-order valence-electron chi connectivity index (χ2n) is 5.85. The number of carbonyl (C=O) groups excluding carboxylic acids is 2. The molecule has 0 aromatic rings. The molecular weight excluding hydrogens is 280 g/mol. The van der Waals surface area contributed by atoms with E-state index in [1.165, 1.54) is 0 Å². The molecule has 120 valence electrons. The van der Waals surface area contributed by atoms with Gasteiger partial charge in [0.1, 0.15) is 26.4 Å². The van der Waals surface area contributed by atoms with E-state index in [0.29, 0.717) is 39.6 Å². The van der Waals surface area contributed by atoms with Crippen molar-refractivity contribution in [3.05, 3.63) is 0 Å². The fourth-order valence-electron chi connectivity index (χ4n) is 2.28. The van der Waals surface area contributed by atoms with Crippen molar-refractivity contribution >= 4 is 12.3 Å². The Labute approximate surface area is 123 Å². The second kappa shape index (κ2) is 6.51. The first-order valence-corrected chi connectivity index (χ1v) is 7.20. The average molecular weight is 302 g/mol. The molecule has 2 aliphatic rings. The van der Waals surface area contributed by atoms with E-state index in [9.17, 15) is 9.59 Å². The van der Waals surface area contributed by atoms with E-state index in [1.807, 2.05) is 13.8 Å². The van der Waals surface area contributed by atoms with E-state index in [0.717, 1.165) is 12.8 Å². The molecule has 2 heterocycles. The molecule has 0 saturated carbocycles. The molecule has 7 nitrogen and oxygen atoms in total. The predicted octanol–water partition coefficient (Wildman–Crippen LogP) is 2.13. The Balaban J connectivity index is 1.84. The van der Waals surface area contributed by atoms with Crippen molar-refractivity contribution in [2.45, 2.75) is 26.7 Å². The van der Waals surface area contributed by atoms with Gasteiger partial charge < -0.3 is 23.7 Å². The number of rotatable bonds is 6. The highest BCUT2D eigenvalue weighted by Gasteiger charge is 2.40. The fourth-order valence-corrected chi connectivity index (χ4v) is 2.28. The van der Waals surface area contributed by atoms with Crippen LogP contribution in [0, 0.1) is 10.8 Å². The summed E-state index contributed by atoms with van der Waals surface area (Å²) in [6, 6.07) is 0. The number of ether oxygens (including phenoxy) is 5. The number of hydrogen-bond donors (Lipinski definition) is 0. The smallest absolute Gasteiger partial charge is 0.433 e. The van der Waals surface area contributed by atoms with E-state index in [-0.39, 0.29) is 10.8 Å². The molecule has 0 bridgehead atoms. The maximum atomic E-state index is 11.0. The van der Waals surface area contributed by atoms with Gasteiger partial charge in [-0.3, -0.25) is 0 Å². The zero-order chi connectivity index (χ0) is 15.3. The van der Waals surface area contributed by atoms with E-state index >= 15 is 0 Å². The van der Waals surface area contributed by atoms with Crippen LogP contribution in [-0.4, -0.2) is 52.0 Å². The highest BCUT2D eigenvalue weighted by Crippen LogP contribution is 2.31. The third-order valence-corrected chi connectivity index (χ3v) is 4.30. The minimum atomic E-state index is -0.628. The van der Waals surface area contributed by atoms with Crippen molar-refractivity contribution in [1.29, 1.82) is 0 Å². The Kier molecular flexibility index (Phi) is 4.92. The predicted molar refractivity (Wildman–Crippen MR) is 70.9 cm³/mol. The maximum absolute atomic E-state index is 11.0. The van der Waals surface area contributed by atoms with E-state index in [4.69, 9.17) is 23.7 Å². The summed E-state index contributed by atoms with van der Waals surface area (Å²) < 4.78 is 25.7. The maximum Gasteiger partial charge on any atom is 0.508 e. The van der Waals surface area contributed by atoms with Gasteiger partial charge in [0.05, 0.1) is 24.0 Å².